The fraction of sp³-hybridized carbons (Fsp3) is 0.250. The second-order valence-electron chi connectivity index (χ2n) is 5.05. The minimum absolute atomic E-state index is 0.00468. The smallest absolute Gasteiger partial charge is 0.260 e. The number of pyridine rings is 1. The number of hydrogen-bond donors (Lipinski definition) is 1. The third-order valence-corrected chi connectivity index (χ3v) is 3.77. The van der Waals surface area contributed by atoms with E-state index in [0.717, 1.165) is 23.4 Å². The van der Waals surface area contributed by atoms with Crippen LogP contribution >= 0.6 is 0 Å². The van der Waals surface area contributed by atoms with Crippen LogP contribution in [0.3, 0.4) is 0 Å². The summed E-state index contributed by atoms with van der Waals surface area (Å²) in [5.74, 6) is -0.00468. The van der Waals surface area contributed by atoms with E-state index in [1.165, 1.54) is 0 Å². The number of amides is 1. The van der Waals surface area contributed by atoms with Crippen LogP contribution in [0.2, 0.25) is 0 Å². The molecule has 0 aliphatic carbocycles. The second-order valence-corrected chi connectivity index (χ2v) is 5.05. The first kappa shape index (κ1) is 12.8. The number of rotatable bonds is 1. The molecule has 20 heavy (non-hydrogen) atoms. The van der Waals surface area contributed by atoms with Gasteiger partial charge in [-0.2, -0.15) is 0 Å². The van der Waals surface area contributed by atoms with Crippen LogP contribution in [-0.2, 0) is 0 Å². The summed E-state index contributed by atoms with van der Waals surface area (Å²) in [4.78, 5) is 18.7. The minimum atomic E-state index is -0.00468. The molecule has 2 heterocycles. The highest BCUT2D eigenvalue weighted by Crippen LogP contribution is 2.33. The lowest BCUT2D eigenvalue weighted by Gasteiger charge is -2.33. The van der Waals surface area contributed by atoms with E-state index in [-0.39, 0.29) is 11.9 Å². The second kappa shape index (κ2) is 5.06. The fourth-order valence-electron chi connectivity index (χ4n) is 2.66. The average Bonchev–Trinajstić information content (AvgIpc) is 2.48. The number of fused-ring (bicyclic) bond motifs is 1. The van der Waals surface area contributed by atoms with Crippen molar-refractivity contribution in [2.24, 2.45) is 5.73 Å². The molecule has 0 spiro atoms. The Morgan fingerprint density at radius 3 is 2.90 bits per heavy atom. The van der Waals surface area contributed by atoms with E-state index in [4.69, 9.17) is 5.73 Å². The predicted octanol–water partition coefficient (Wildman–Crippen LogP) is 2.44. The fourth-order valence-corrected chi connectivity index (χ4v) is 2.66. The summed E-state index contributed by atoms with van der Waals surface area (Å²) in [6.07, 6.45) is 2.48. The largest absolute Gasteiger partial charge is 0.324 e. The molecule has 2 aromatic rings. The van der Waals surface area contributed by atoms with Crippen molar-refractivity contribution in [2.45, 2.75) is 19.4 Å². The number of benzene rings is 1. The van der Waals surface area contributed by atoms with Gasteiger partial charge >= 0.3 is 0 Å². The van der Waals surface area contributed by atoms with Gasteiger partial charge in [-0.05, 0) is 37.1 Å². The highest BCUT2D eigenvalue weighted by atomic mass is 16.2. The molecule has 1 aliphatic rings. The van der Waals surface area contributed by atoms with Gasteiger partial charge in [0.05, 0.1) is 5.56 Å². The highest BCUT2D eigenvalue weighted by Gasteiger charge is 2.27. The molecule has 102 valence electrons. The van der Waals surface area contributed by atoms with Crippen LogP contribution in [-0.4, -0.2) is 17.4 Å². The average molecular weight is 267 g/mol. The minimum Gasteiger partial charge on any atom is -0.324 e. The molecule has 1 aromatic carbocycles. The lowest BCUT2D eigenvalue weighted by Crippen LogP contribution is -2.38. The van der Waals surface area contributed by atoms with Crippen LogP contribution in [0.5, 0.6) is 0 Å². The van der Waals surface area contributed by atoms with Crippen molar-refractivity contribution in [3.8, 4) is 0 Å². The Balaban J connectivity index is 2.02. The maximum atomic E-state index is 12.7. The summed E-state index contributed by atoms with van der Waals surface area (Å²) < 4.78 is 0. The van der Waals surface area contributed by atoms with Crippen LogP contribution in [0.15, 0.2) is 42.6 Å². The van der Waals surface area contributed by atoms with Gasteiger partial charge in [-0.1, -0.05) is 18.2 Å². The van der Waals surface area contributed by atoms with Gasteiger partial charge < -0.3 is 10.6 Å². The molecule has 0 saturated heterocycles. The quantitative estimate of drug-likeness (QED) is 0.863. The van der Waals surface area contributed by atoms with E-state index in [2.05, 4.69) is 4.98 Å². The van der Waals surface area contributed by atoms with Gasteiger partial charge in [-0.15, -0.1) is 0 Å². The van der Waals surface area contributed by atoms with Crippen LogP contribution in [0, 0.1) is 6.92 Å². The van der Waals surface area contributed by atoms with Gasteiger partial charge in [0.1, 0.15) is 0 Å². The lowest BCUT2D eigenvalue weighted by atomic mass is 9.96. The van der Waals surface area contributed by atoms with E-state index in [1.807, 2.05) is 42.2 Å². The number of hydrogen-bond acceptors (Lipinski definition) is 3. The zero-order valence-corrected chi connectivity index (χ0v) is 11.4. The Labute approximate surface area is 118 Å². The summed E-state index contributed by atoms with van der Waals surface area (Å²) in [5.41, 5.74) is 9.48. The standard InChI is InChI=1S/C16H17N3O/c1-11-12(6-4-9-18-11)16(20)19-10-8-14(17)13-5-2-3-7-15(13)19/h2-7,9,14H,8,10,17H2,1H3. The lowest BCUT2D eigenvalue weighted by molar-refractivity contribution is 0.0983. The van der Waals surface area contributed by atoms with Gasteiger partial charge in [-0.3, -0.25) is 9.78 Å². The van der Waals surface area contributed by atoms with Crippen molar-refractivity contribution in [3.63, 3.8) is 0 Å². The van der Waals surface area contributed by atoms with E-state index in [0.29, 0.717) is 12.1 Å². The van der Waals surface area contributed by atoms with Crippen LogP contribution < -0.4 is 10.6 Å². The van der Waals surface area contributed by atoms with E-state index < -0.39 is 0 Å². The zero-order chi connectivity index (χ0) is 14.1. The molecule has 1 amide bonds. The number of nitrogens with two attached hydrogens (primary N) is 1. The third kappa shape index (κ3) is 2.08. The first-order chi connectivity index (χ1) is 9.68. The van der Waals surface area contributed by atoms with Crippen molar-refractivity contribution >= 4 is 11.6 Å². The van der Waals surface area contributed by atoms with Gasteiger partial charge in [0, 0.05) is 30.2 Å². The van der Waals surface area contributed by atoms with E-state index >= 15 is 0 Å². The molecular weight excluding hydrogens is 250 g/mol. The molecule has 1 unspecified atom stereocenters. The van der Waals surface area contributed by atoms with Gasteiger partial charge in [0.2, 0.25) is 0 Å². The Bertz CT molecular complexity index is 654. The highest BCUT2D eigenvalue weighted by molar-refractivity contribution is 6.07. The summed E-state index contributed by atoms with van der Waals surface area (Å²) >= 11 is 0. The summed E-state index contributed by atoms with van der Waals surface area (Å²) in [7, 11) is 0. The molecule has 1 atom stereocenters. The zero-order valence-electron chi connectivity index (χ0n) is 11.4. The first-order valence-corrected chi connectivity index (χ1v) is 6.76. The summed E-state index contributed by atoms with van der Waals surface area (Å²) in [5, 5.41) is 0. The van der Waals surface area contributed by atoms with E-state index in [9.17, 15) is 4.79 Å². The molecular formula is C16H17N3O. The molecule has 0 radical (unpaired) electrons. The predicted molar refractivity (Wildman–Crippen MR) is 78.6 cm³/mol. The first-order valence-electron chi connectivity index (χ1n) is 6.76. The van der Waals surface area contributed by atoms with Crippen LogP contribution in [0.1, 0.15) is 34.1 Å². The molecule has 4 nitrogen and oxygen atoms in total. The monoisotopic (exact) mass is 267 g/mol. The van der Waals surface area contributed by atoms with Crippen molar-refractivity contribution < 1.29 is 4.79 Å². The molecule has 2 N–H and O–H groups in total. The maximum Gasteiger partial charge on any atom is 0.260 e. The number of carbonyl (C=O) groups excluding carboxylic acids is 1. The number of nitrogens with zero attached hydrogens (tertiary/aromatic N) is 2. The molecule has 3 rings (SSSR count). The maximum absolute atomic E-state index is 12.7. The number of carbonyl (C=O) groups is 1. The Kier molecular flexibility index (Phi) is 3.24. The molecule has 1 aromatic heterocycles. The van der Waals surface area contributed by atoms with Crippen molar-refractivity contribution in [3.05, 3.63) is 59.4 Å². The van der Waals surface area contributed by atoms with Crippen molar-refractivity contribution in [1.82, 2.24) is 4.98 Å². The Morgan fingerprint density at radius 1 is 1.30 bits per heavy atom. The molecule has 0 fully saturated rings. The third-order valence-electron chi connectivity index (χ3n) is 3.77. The molecule has 4 heteroatoms. The number of para-hydroxylation sites is 1. The van der Waals surface area contributed by atoms with Crippen LogP contribution in [0.4, 0.5) is 5.69 Å². The molecule has 0 saturated carbocycles. The van der Waals surface area contributed by atoms with Gasteiger partial charge in [0.25, 0.3) is 5.91 Å². The van der Waals surface area contributed by atoms with Crippen LogP contribution in [0.25, 0.3) is 0 Å². The van der Waals surface area contributed by atoms with Gasteiger partial charge in [-0.25, -0.2) is 0 Å². The Hall–Kier alpha value is -2.20. The summed E-state index contributed by atoms with van der Waals surface area (Å²) in [6.45, 7) is 2.50. The van der Waals surface area contributed by atoms with Gasteiger partial charge in [0.15, 0.2) is 0 Å². The number of aryl methyl sites for hydroxylation is 1. The van der Waals surface area contributed by atoms with E-state index in [1.54, 1.807) is 12.3 Å². The SMILES string of the molecule is Cc1ncccc1C(=O)N1CCC(N)c2ccccc21. The van der Waals surface area contributed by atoms with Crippen molar-refractivity contribution in [2.75, 3.05) is 11.4 Å². The molecule has 1 aliphatic heterocycles. The topological polar surface area (TPSA) is 59.2 Å². The molecule has 0 bridgehead atoms. The summed E-state index contributed by atoms with van der Waals surface area (Å²) in [6, 6.07) is 11.5. The normalized spacial score (nSPS) is 17.7. The Morgan fingerprint density at radius 2 is 2.10 bits per heavy atom. The van der Waals surface area contributed by atoms with Crippen molar-refractivity contribution in [1.29, 1.82) is 0 Å². The number of anilines is 1. The number of aromatic nitrogens is 1.